The highest BCUT2D eigenvalue weighted by atomic mass is 35.5. The Morgan fingerprint density at radius 1 is 1.17 bits per heavy atom. The van der Waals surface area contributed by atoms with Crippen molar-refractivity contribution in [1.29, 1.82) is 0 Å². The van der Waals surface area contributed by atoms with Crippen molar-refractivity contribution >= 4 is 17.5 Å². The van der Waals surface area contributed by atoms with Gasteiger partial charge >= 0.3 is 6.18 Å². The number of H-pyrrole nitrogens is 1. The minimum atomic E-state index is -4.54. The normalized spacial score (nSPS) is 13.9. The van der Waals surface area contributed by atoms with Gasteiger partial charge in [-0.05, 0) is 24.3 Å². The maximum absolute atomic E-state index is 13.0. The number of nitrogens with zero attached hydrogens (tertiary/aromatic N) is 2. The van der Waals surface area contributed by atoms with E-state index in [-0.39, 0.29) is 34.2 Å². The molecule has 0 bridgehead atoms. The average molecular weight is 438 g/mol. The Morgan fingerprint density at radius 3 is 2.67 bits per heavy atom. The molecule has 10 heteroatoms. The van der Waals surface area contributed by atoms with E-state index < -0.39 is 17.6 Å². The van der Waals surface area contributed by atoms with Crippen molar-refractivity contribution in [3.05, 3.63) is 63.8 Å². The van der Waals surface area contributed by atoms with Crippen molar-refractivity contribution in [2.24, 2.45) is 0 Å². The van der Waals surface area contributed by atoms with Crippen molar-refractivity contribution < 1.29 is 28.2 Å². The molecule has 2 heterocycles. The number of aromatic amines is 1. The van der Waals surface area contributed by atoms with Crippen LogP contribution in [-0.2, 0) is 19.1 Å². The zero-order valence-corrected chi connectivity index (χ0v) is 16.1. The Bertz CT molecular complexity index is 1140. The van der Waals surface area contributed by atoms with Gasteiger partial charge < -0.3 is 15.1 Å². The number of halogens is 4. The highest BCUT2D eigenvalue weighted by molar-refractivity contribution is 6.32. The fraction of sp³-hybridized carbons (Fsp3) is 0.200. The van der Waals surface area contributed by atoms with Gasteiger partial charge in [-0.1, -0.05) is 17.7 Å². The number of amides is 1. The minimum Gasteiger partial charge on any atom is -0.507 e. The molecule has 0 radical (unpaired) electrons. The molecule has 2 aromatic carbocycles. The van der Waals surface area contributed by atoms with E-state index in [4.69, 9.17) is 11.6 Å². The molecule has 0 saturated heterocycles. The van der Waals surface area contributed by atoms with E-state index in [0.29, 0.717) is 24.2 Å². The summed E-state index contributed by atoms with van der Waals surface area (Å²) in [5, 5.41) is 26.9. The predicted molar refractivity (Wildman–Crippen MR) is 102 cm³/mol. The van der Waals surface area contributed by atoms with Crippen LogP contribution in [0.25, 0.3) is 11.3 Å². The lowest BCUT2D eigenvalue weighted by molar-refractivity contribution is -0.137. The molecule has 0 unspecified atom stereocenters. The maximum Gasteiger partial charge on any atom is 0.416 e. The molecule has 0 spiro atoms. The topological polar surface area (TPSA) is 89.5 Å². The second-order valence-corrected chi connectivity index (χ2v) is 7.31. The van der Waals surface area contributed by atoms with Crippen LogP contribution in [0.15, 0.2) is 36.4 Å². The quantitative estimate of drug-likeness (QED) is 0.555. The molecule has 0 fully saturated rings. The Balaban J connectivity index is 1.66. The molecular weight excluding hydrogens is 423 g/mol. The molecule has 0 atom stereocenters. The molecule has 0 saturated carbocycles. The molecule has 1 aliphatic rings. The Hall–Kier alpha value is -3.20. The number of benzene rings is 2. The van der Waals surface area contributed by atoms with Crippen LogP contribution in [0.5, 0.6) is 11.5 Å². The number of carbonyl (C=O) groups is 1. The largest absolute Gasteiger partial charge is 0.507 e. The van der Waals surface area contributed by atoms with Gasteiger partial charge in [0.25, 0.3) is 5.91 Å². The number of fused-ring (bicyclic) bond motifs is 1. The third-order valence-electron chi connectivity index (χ3n) is 4.98. The number of carbonyl (C=O) groups excluding carboxylic acids is 1. The Labute approximate surface area is 173 Å². The highest BCUT2D eigenvalue weighted by Crippen LogP contribution is 2.39. The summed E-state index contributed by atoms with van der Waals surface area (Å²) in [5.41, 5.74) is 1.04. The molecule has 4 rings (SSSR count). The van der Waals surface area contributed by atoms with Crippen LogP contribution in [0, 0.1) is 0 Å². The van der Waals surface area contributed by atoms with Crippen LogP contribution in [0.1, 0.15) is 27.2 Å². The van der Waals surface area contributed by atoms with Crippen LogP contribution >= 0.6 is 11.6 Å². The van der Waals surface area contributed by atoms with Gasteiger partial charge in [0.15, 0.2) is 0 Å². The smallest absolute Gasteiger partial charge is 0.416 e. The summed E-state index contributed by atoms with van der Waals surface area (Å²) in [6.07, 6.45) is -4.13. The lowest BCUT2D eigenvalue weighted by Gasteiger charge is -2.27. The molecule has 1 amide bonds. The first-order chi connectivity index (χ1) is 14.1. The molecule has 3 aromatic rings. The van der Waals surface area contributed by atoms with Crippen LogP contribution in [0.4, 0.5) is 13.2 Å². The van der Waals surface area contributed by atoms with E-state index in [2.05, 4.69) is 10.2 Å². The lowest BCUT2D eigenvalue weighted by atomic mass is 9.99. The van der Waals surface area contributed by atoms with Crippen molar-refractivity contribution in [2.45, 2.75) is 19.1 Å². The van der Waals surface area contributed by atoms with Gasteiger partial charge in [-0.25, -0.2) is 0 Å². The Kier molecular flexibility index (Phi) is 4.85. The molecule has 1 aliphatic heterocycles. The summed E-state index contributed by atoms with van der Waals surface area (Å²) >= 11 is 5.94. The highest BCUT2D eigenvalue weighted by Gasteiger charge is 2.32. The SMILES string of the molecule is O=C(c1cccc(C(F)(F)F)c1)N1CCc2[nH]nc(-c3cc(Cl)c(O)cc3O)c2C1. The fourth-order valence-corrected chi connectivity index (χ4v) is 3.61. The number of aromatic nitrogens is 2. The van der Waals surface area contributed by atoms with Gasteiger partial charge in [0.1, 0.15) is 17.2 Å². The number of rotatable bonds is 2. The molecule has 30 heavy (non-hydrogen) atoms. The summed E-state index contributed by atoms with van der Waals surface area (Å²) in [6, 6.07) is 6.74. The van der Waals surface area contributed by atoms with E-state index in [1.54, 1.807) is 0 Å². The monoisotopic (exact) mass is 437 g/mol. The zero-order chi connectivity index (χ0) is 21.6. The van der Waals surface area contributed by atoms with E-state index in [0.717, 1.165) is 23.9 Å². The summed E-state index contributed by atoms with van der Waals surface area (Å²) in [4.78, 5) is 14.3. The van der Waals surface area contributed by atoms with Crippen molar-refractivity contribution in [2.75, 3.05) is 6.54 Å². The van der Waals surface area contributed by atoms with Crippen molar-refractivity contribution in [3.63, 3.8) is 0 Å². The lowest BCUT2D eigenvalue weighted by Crippen LogP contribution is -2.36. The standard InChI is InChI=1S/C20H15ClF3N3O3/c21-14-7-12(16(28)8-17(14)29)18-13-9-27(5-4-15(13)25-26-18)19(30)10-2-1-3-11(6-10)20(22,23)24/h1-3,6-8,28-29H,4-5,9H2,(H,25,26). The number of hydrogen-bond donors (Lipinski definition) is 3. The van der Waals surface area contributed by atoms with Crippen LogP contribution in [-0.4, -0.2) is 37.8 Å². The zero-order valence-electron chi connectivity index (χ0n) is 15.3. The van der Waals surface area contributed by atoms with Gasteiger partial charge in [-0.3, -0.25) is 9.89 Å². The number of nitrogens with one attached hydrogen (secondary N) is 1. The maximum atomic E-state index is 13.0. The number of aromatic hydroxyl groups is 2. The first-order valence-corrected chi connectivity index (χ1v) is 9.27. The molecule has 3 N–H and O–H groups in total. The van der Waals surface area contributed by atoms with Crippen molar-refractivity contribution in [3.8, 4) is 22.8 Å². The number of phenols is 2. The first-order valence-electron chi connectivity index (χ1n) is 8.89. The van der Waals surface area contributed by atoms with Crippen molar-refractivity contribution in [1.82, 2.24) is 15.1 Å². The summed E-state index contributed by atoms with van der Waals surface area (Å²) in [6.45, 7) is 0.389. The number of phenolic OH excluding ortho intramolecular Hbond substituents is 2. The van der Waals surface area contributed by atoms with E-state index >= 15 is 0 Å². The van der Waals surface area contributed by atoms with Gasteiger partial charge in [-0.2, -0.15) is 18.3 Å². The van der Waals surface area contributed by atoms with E-state index in [9.17, 15) is 28.2 Å². The molecule has 6 nitrogen and oxygen atoms in total. The number of alkyl halides is 3. The van der Waals surface area contributed by atoms with Gasteiger partial charge in [0, 0.05) is 48.0 Å². The third-order valence-corrected chi connectivity index (χ3v) is 5.28. The summed E-state index contributed by atoms with van der Waals surface area (Å²) in [7, 11) is 0. The van der Waals surface area contributed by atoms with Gasteiger partial charge in [-0.15, -0.1) is 0 Å². The summed E-state index contributed by atoms with van der Waals surface area (Å²) < 4.78 is 38.9. The number of hydrogen-bond acceptors (Lipinski definition) is 4. The fourth-order valence-electron chi connectivity index (χ4n) is 3.44. The molecular formula is C20H15ClF3N3O3. The van der Waals surface area contributed by atoms with Crippen LogP contribution in [0.2, 0.25) is 5.02 Å². The molecule has 1 aromatic heterocycles. The second-order valence-electron chi connectivity index (χ2n) is 6.91. The molecule has 156 valence electrons. The van der Waals surface area contributed by atoms with Crippen LogP contribution < -0.4 is 0 Å². The summed E-state index contributed by atoms with van der Waals surface area (Å²) in [5.74, 6) is -1.07. The van der Waals surface area contributed by atoms with Gasteiger partial charge in [0.2, 0.25) is 0 Å². The average Bonchev–Trinajstić information content (AvgIpc) is 3.12. The van der Waals surface area contributed by atoms with E-state index in [1.165, 1.54) is 23.1 Å². The first kappa shape index (κ1) is 20.1. The molecule has 0 aliphatic carbocycles. The van der Waals surface area contributed by atoms with Crippen LogP contribution in [0.3, 0.4) is 0 Å². The van der Waals surface area contributed by atoms with Gasteiger partial charge in [0.05, 0.1) is 10.6 Å². The minimum absolute atomic E-state index is 0.0206. The van der Waals surface area contributed by atoms with E-state index in [1.807, 2.05) is 0 Å². The Morgan fingerprint density at radius 2 is 1.93 bits per heavy atom. The second kappa shape index (κ2) is 7.24. The predicted octanol–water partition coefficient (Wildman–Crippen LogP) is 4.36. The third kappa shape index (κ3) is 3.56.